The number of benzene rings is 1. The monoisotopic (exact) mass is 265 g/mol. The lowest BCUT2D eigenvalue weighted by Gasteiger charge is -2.18. The first-order valence-electron chi connectivity index (χ1n) is 6.30. The van der Waals surface area contributed by atoms with E-state index in [1.54, 1.807) is 23.1 Å². The maximum Gasteiger partial charge on any atom is 0.273 e. The molecule has 104 valence electrons. The summed E-state index contributed by atoms with van der Waals surface area (Å²) in [6, 6.07) is 6.52. The molecule has 0 aliphatic rings. The van der Waals surface area contributed by atoms with Crippen molar-refractivity contribution in [2.24, 2.45) is 0 Å². The summed E-state index contributed by atoms with van der Waals surface area (Å²) in [5.74, 6) is 0.00332. The van der Waals surface area contributed by atoms with Gasteiger partial charge in [0.05, 0.1) is 11.5 Å². The molecule has 6 heteroatoms. The average Bonchev–Trinajstić information content (AvgIpc) is 2.40. The quantitative estimate of drug-likeness (QED) is 0.599. The summed E-state index contributed by atoms with van der Waals surface area (Å²) in [4.78, 5) is 23.9. The Labute approximate surface area is 112 Å². The van der Waals surface area contributed by atoms with E-state index >= 15 is 0 Å². The zero-order chi connectivity index (χ0) is 14.3. The van der Waals surface area contributed by atoms with Gasteiger partial charge in [-0.2, -0.15) is 0 Å². The van der Waals surface area contributed by atoms with Gasteiger partial charge in [-0.1, -0.05) is 18.2 Å². The topological polar surface area (TPSA) is 75.5 Å². The predicted molar refractivity (Wildman–Crippen MR) is 72.7 cm³/mol. The van der Waals surface area contributed by atoms with Crippen molar-refractivity contribution in [3.8, 4) is 0 Å². The molecular formula is C13H19N3O3. The van der Waals surface area contributed by atoms with Crippen LogP contribution in [0, 0.1) is 10.1 Å². The molecule has 0 spiro atoms. The third kappa shape index (κ3) is 4.33. The highest BCUT2D eigenvalue weighted by Gasteiger charge is 2.13. The van der Waals surface area contributed by atoms with Crippen LogP contribution in [-0.2, 0) is 11.3 Å². The highest BCUT2D eigenvalue weighted by Crippen LogP contribution is 2.16. The van der Waals surface area contributed by atoms with Gasteiger partial charge in [-0.15, -0.1) is 0 Å². The number of amides is 1. The van der Waals surface area contributed by atoms with Crippen LogP contribution >= 0.6 is 0 Å². The summed E-state index contributed by atoms with van der Waals surface area (Å²) in [6.07, 6.45) is 0. The fourth-order valence-electron chi connectivity index (χ4n) is 1.83. The maximum atomic E-state index is 11.7. The Balaban J connectivity index is 2.54. The van der Waals surface area contributed by atoms with E-state index in [-0.39, 0.29) is 18.1 Å². The van der Waals surface area contributed by atoms with Crippen molar-refractivity contribution < 1.29 is 9.72 Å². The molecule has 0 aliphatic heterocycles. The number of hydrogen-bond donors (Lipinski definition) is 1. The molecule has 0 aromatic heterocycles. The average molecular weight is 265 g/mol. The molecule has 1 amide bonds. The van der Waals surface area contributed by atoms with E-state index < -0.39 is 4.92 Å². The Kier molecular flexibility index (Phi) is 5.95. The molecule has 0 atom stereocenters. The Morgan fingerprint density at radius 2 is 1.95 bits per heavy atom. The summed E-state index contributed by atoms with van der Waals surface area (Å²) < 4.78 is 0. The first-order chi connectivity index (χ1) is 9.10. The van der Waals surface area contributed by atoms with Gasteiger partial charge in [0.1, 0.15) is 0 Å². The largest absolute Gasteiger partial charge is 0.342 e. The third-order valence-electron chi connectivity index (χ3n) is 2.90. The summed E-state index contributed by atoms with van der Waals surface area (Å²) in [7, 11) is 0. The fourth-order valence-corrected chi connectivity index (χ4v) is 1.83. The highest BCUT2D eigenvalue weighted by molar-refractivity contribution is 5.78. The zero-order valence-electron chi connectivity index (χ0n) is 11.3. The Bertz CT molecular complexity index is 445. The second kappa shape index (κ2) is 7.48. The Hall–Kier alpha value is -1.95. The van der Waals surface area contributed by atoms with Gasteiger partial charge in [0.15, 0.2) is 0 Å². The summed E-state index contributed by atoms with van der Waals surface area (Å²) >= 11 is 0. The molecule has 0 fully saturated rings. The maximum absolute atomic E-state index is 11.7. The van der Waals surface area contributed by atoms with Gasteiger partial charge in [0, 0.05) is 31.3 Å². The highest BCUT2D eigenvalue weighted by atomic mass is 16.6. The van der Waals surface area contributed by atoms with Gasteiger partial charge < -0.3 is 10.2 Å². The number of nitro groups is 1. The van der Waals surface area contributed by atoms with E-state index in [2.05, 4.69) is 5.32 Å². The van der Waals surface area contributed by atoms with Crippen LogP contribution in [0.3, 0.4) is 0 Å². The van der Waals surface area contributed by atoms with E-state index in [1.165, 1.54) is 6.07 Å². The van der Waals surface area contributed by atoms with Crippen LogP contribution in [0.15, 0.2) is 24.3 Å². The van der Waals surface area contributed by atoms with Crippen molar-refractivity contribution >= 4 is 11.6 Å². The predicted octanol–water partition coefficient (Wildman–Crippen LogP) is 1.55. The van der Waals surface area contributed by atoms with E-state index in [0.717, 1.165) is 0 Å². The van der Waals surface area contributed by atoms with E-state index in [1.807, 2.05) is 13.8 Å². The van der Waals surface area contributed by atoms with Gasteiger partial charge in [0.2, 0.25) is 5.91 Å². The van der Waals surface area contributed by atoms with Crippen molar-refractivity contribution in [3.05, 3.63) is 39.9 Å². The molecule has 0 radical (unpaired) electrons. The van der Waals surface area contributed by atoms with Crippen LogP contribution < -0.4 is 5.32 Å². The van der Waals surface area contributed by atoms with E-state index in [4.69, 9.17) is 0 Å². The van der Waals surface area contributed by atoms with Crippen LogP contribution in [0.1, 0.15) is 19.4 Å². The van der Waals surface area contributed by atoms with Crippen LogP contribution in [-0.4, -0.2) is 35.4 Å². The minimum absolute atomic E-state index is 0.00332. The molecule has 6 nitrogen and oxygen atoms in total. The normalized spacial score (nSPS) is 10.2. The van der Waals surface area contributed by atoms with Gasteiger partial charge in [-0.25, -0.2) is 0 Å². The molecule has 1 N–H and O–H groups in total. The third-order valence-corrected chi connectivity index (χ3v) is 2.90. The number of hydrogen-bond acceptors (Lipinski definition) is 4. The lowest BCUT2D eigenvalue weighted by atomic mass is 10.2. The summed E-state index contributed by atoms with van der Waals surface area (Å²) in [5.41, 5.74) is 0.658. The summed E-state index contributed by atoms with van der Waals surface area (Å²) in [5, 5.41) is 13.8. The number of nitrogens with one attached hydrogen (secondary N) is 1. The molecule has 0 saturated carbocycles. The number of rotatable bonds is 7. The Morgan fingerprint density at radius 3 is 2.53 bits per heavy atom. The van der Waals surface area contributed by atoms with Crippen molar-refractivity contribution in [1.29, 1.82) is 0 Å². The minimum atomic E-state index is -0.413. The van der Waals surface area contributed by atoms with Crippen LogP contribution in [0.4, 0.5) is 5.69 Å². The first-order valence-corrected chi connectivity index (χ1v) is 6.30. The van der Waals surface area contributed by atoms with Crippen LogP contribution in [0.25, 0.3) is 0 Å². The standard InChI is InChI=1S/C13H19N3O3/c1-3-15(4-2)13(17)10-14-9-11-7-5-6-8-12(11)16(18)19/h5-8,14H,3-4,9-10H2,1-2H3. The molecule has 0 aliphatic carbocycles. The van der Waals surface area contributed by atoms with Gasteiger partial charge >= 0.3 is 0 Å². The first kappa shape index (κ1) is 15.1. The van der Waals surface area contributed by atoms with Gasteiger partial charge in [-0.05, 0) is 13.8 Å². The second-order valence-electron chi connectivity index (χ2n) is 4.06. The minimum Gasteiger partial charge on any atom is -0.342 e. The molecule has 0 saturated heterocycles. The number of carbonyl (C=O) groups excluding carboxylic acids is 1. The SMILES string of the molecule is CCN(CC)C(=O)CNCc1ccccc1[N+](=O)[O-]. The molecular weight excluding hydrogens is 246 g/mol. The number of para-hydroxylation sites is 1. The fraction of sp³-hybridized carbons (Fsp3) is 0.462. The Morgan fingerprint density at radius 1 is 1.32 bits per heavy atom. The molecule has 1 aromatic carbocycles. The number of likely N-dealkylation sites (N-methyl/N-ethyl adjacent to an activating group) is 1. The molecule has 0 unspecified atom stereocenters. The number of nitrogens with zero attached hydrogens (tertiary/aromatic N) is 2. The van der Waals surface area contributed by atoms with Gasteiger partial charge in [0.25, 0.3) is 5.69 Å². The van der Waals surface area contributed by atoms with Crippen LogP contribution in [0.5, 0.6) is 0 Å². The van der Waals surface area contributed by atoms with E-state index in [9.17, 15) is 14.9 Å². The van der Waals surface area contributed by atoms with Crippen molar-refractivity contribution in [3.63, 3.8) is 0 Å². The van der Waals surface area contributed by atoms with Crippen molar-refractivity contribution in [1.82, 2.24) is 10.2 Å². The lowest BCUT2D eigenvalue weighted by Crippen LogP contribution is -2.37. The second-order valence-corrected chi connectivity index (χ2v) is 4.06. The van der Waals surface area contributed by atoms with E-state index in [0.29, 0.717) is 25.2 Å². The molecule has 0 heterocycles. The number of carbonyl (C=O) groups is 1. The molecule has 0 bridgehead atoms. The lowest BCUT2D eigenvalue weighted by molar-refractivity contribution is -0.385. The summed E-state index contributed by atoms with van der Waals surface area (Å²) in [6.45, 7) is 5.68. The van der Waals surface area contributed by atoms with Crippen LogP contribution in [0.2, 0.25) is 0 Å². The number of nitro benzene ring substituents is 1. The van der Waals surface area contributed by atoms with Crippen molar-refractivity contribution in [2.75, 3.05) is 19.6 Å². The van der Waals surface area contributed by atoms with Crippen molar-refractivity contribution in [2.45, 2.75) is 20.4 Å². The smallest absolute Gasteiger partial charge is 0.273 e. The zero-order valence-corrected chi connectivity index (χ0v) is 11.3. The molecule has 1 rings (SSSR count). The van der Waals surface area contributed by atoms with Gasteiger partial charge in [-0.3, -0.25) is 14.9 Å². The molecule has 1 aromatic rings. The molecule has 19 heavy (non-hydrogen) atoms.